The van der Waals surface area contributed by atoms with Crippen LogP contribution in [-0.2, 0) is 4.79 Å². The van der Waals surface area contributed by atoms with Crippen LogP contribution in [-0.4, -0.2) is 33.4 Å². The number of carbonyl (C=O) groups is 1. The van der Waals surface area contributed by atoms with E-state index in [9.17, 15) is 4.79 Å². The number of H-pyrrole nitrogens is 1. The van der Waals surface area contributed by atoms with Crippen LogP contribution in [0, 0.1) is 12.8 Å². The van der Waals surface area contributed by atoms with Gasteiger partial charge in [-0.3, -0.25) is 4.79 Å². The maximum atomic E-state index is 12.9. The van der Waals surface area contributed by atoms with Gasteiger partial charge in [-0.15, -0.1) is 0 Å². The molecular formula is C21H28N4O. The lowest BCUT2D eigenvalue weighted by atomic mass is 9.99. The third-order valence-electron chi connectivity index (χ3n) is 5.97. The molecule has 4 rings (SSSR count). The Hall–Kier alpha value is -2.14. The lowest BCUT2D eigenvalue weighted by molar-refractivity contribution is -0.133. The Bertz CT molecular complexity index is 784. The molecule has 26 heavy (non-hydrogen) atoms. The van der Waals surface area contributed by atoms with E-state index in [-0.39, 0.29) is 18.0 Å². The van der Waals surface area contributed by atoms with Crippen molar-refractivity contribution in [2.45, 2.75) is 57.5 Å². The molecule has 1 saturated carbocycles. The third-order valence-corrected chi connectivity index (χ3v) is 5.97. The normalized spacial score (nSPS) is 25.8. The number of hydrogen-bond donors (Lipinski definition) is 2. The molecule has 2 aromatic rings. The first-order chi connectivity index (χ1) is 12.6. The number of nitrogens with zero attached hydrogens (tertiary/aromatic N) is 2. The lowest BCUT2D eigenvalue weighted by Gasteiger charge is -2.25. The zero-order valence-electron chi connectivity index (χ0n) is 15.4. The first-order valence-corrected chi connectivity index (χ1v) is 9.79. The van der Waals surface area contributed by atoms with Crippen molar-refractivity contribution in [2.24, 2.45) is 11.7 Å². The second-order valence-electron chi connectivity index (χ2n) is 7.86. The Labute approximate surface area is 155 Å². The van der Waals surface area contributed by atoms with Crippen LogP contribution in [0.4, 0.5) is 0 Å². The predicted octanol–water partition coefficient (Wildman–Crippen LogP) is 3.57. The van der Waals surface area contributed by atoms with Gasteiger partial charge in [0, 0.05) is 19.0 Å². The molecule has 1 aliphatic carbocycles. The smallest absolute Gasteiger partial charge is 0.223 e. The van der Waals surface area contributed by atoms with E-state index in [1.807, 2.05) is 11.1 Å². The summed E-state index contributed by atoms with van der Waals surface area (Å²) < 4.78 is 0. The number of aromatic nitrogens is 2. The van der Waals surface area contributed by atoms with Gasteiger partial charge in [-0.2, -0.15) is 0 Å². The molecule has 3 atom stereocenters. The van der Waals surface area contributed by atoms with E-state index in [0.717, 1.165) is 55.7 Å². The summed E-state index contributed by atoms with van der Waals surface area (Å²) in [7, 11) is 0. The molecule has 1 saturated heterocycles. The van der Waals surface area contributed by atoms with Gasteiger partial charge in [-0.05, 0) is 50.2 Å². The van der Waals surface area contributed by atoms with Gasteiger partial charge < -0.3 is 15.6 Å². The standard InChI is InChI=1S/C21H28N4O/c1-14-5-2-7-16(11-14)18-13-23-21(24-18)19-9-4-10-25(19)20(26)12-15-6-3-8-17(15)22/h2,5,7,11,13,15,17,19H,3-4,6,8-10,12,22H2,1H3,(H,23,24)/t15-,17+,19?/m0/s1. The Kier molecular flexibility index (Phi) is 4.81. The number of carbonyl (C=O) groups excluding carboxylic acids is 1. The fourth-order valence-electron chi connectivity index (χ4n) is 4.48. The second kappa shape index (κ2) is 7.23. The zero-order chi connectivity index (χ0) is 18.1. The number of amides is 1. The number of nitrogens with two attached hydrogens (primary N) is 1. The Balaban J connectivity index is 1.49. The molecule has 1 aliphatic heterocycles. The zero-order valence-corrected chi connectivity index (χ0v) is 15.4. The van der Waals surface area contributed by atoms with Crippen LogP contribution < -0.4 is 5.73 Å². The van der Waals surface area contributed by atoms with Crippen LogP contribution >= 0.6 is 0 Å². The van der Waals surface area contributed by atoms with Crippen LogP contribution in [0.5, 0.6) is 0 Å². The summed E-state index contributed by atoms with van der Waals surface area (Å²) in [5.74, 6) is 1.50. The minimum Gasteiger partial charge on any atom is -0.340 e. The van der Waals surface area contributed by atoms with Crippen molar-refractivity contribution in [1.29, 1.82) is 0 Å². The van der Waals surface area contributed by atoms with E-state index in [4.69, 9.17) is 5.73 Å². The highest BCUT2D eigenvalue weighted by Crippen LogP contribution is 2.34. The number of rotatable bonds is 4. The van der Waals surface area contributed by atoms with Gasteiger partial charge in [0.1, 0.15) is 5.82 Å². The van der Waals surface area contributed by atoms with E-state index in [1.54, 1.807) is 0 Å². The molecule has 138 valence electrons. The number of hydrogen-bond acceptors (Lipinski definition) is 3. The van der Waals surface area contributed by atoms with Crippen LogP contribution in [0.15, 0.2) is 30.5 Å². The van der Waals surface area contributed by atoms with Crippen molar-refractivity contribution in [1.82, 2.24) is 14.9 Å². The summed E-state index contributed by atoms with van der Waals surface area (Å²) in [6.07, 6.45) is 7.78. The Morgan fingerprint density at radius 2 is 2.19 bits per heavy atom. The van der Waals surface area contributed by atoms with Crippen LogP contribution in [0.3, 0.4) is 0 Å². The maximum Gasteiger partial charge on any atom is 0.223 e. The van der Waals surface area contributed by atoms with Gasteiger partial charge in [0.2, 0.25) is 5.91 Å². The fraction of sp³-hybridized carbons (Fsp3) is 0.524. The fourth-order valence-corrected chi connectivity index (χ4v) is 4.48. The molecule has 1 aromatic heterocycles. The number of imidazole rings is 1. The summed E-state index contributed by atoms with van der Waals surface area (Å²) in [6.45, 7) is 2.91. The molecule has 2 fully saturated rings. The second-order valence-corrected chi connectivity index (χ2v) is 7.86. The molecule has 1 aromatic carbocycles. The van der Waals surface area contributed by atoms with Crippen molar-refractivity contribution in [3.8, 4) is 11.3 Å². The topological polar surface area (TPSA) is 75.0 Å². The predicted molar refractivity (Wildman–Crippen MR) is 102 cm³/mol. The van der Waals surface area contributed by atoms with E-state index >= 15 is 0 Å². The number of aryl methyl sites for hydroxylation is 1. The molecular weight excluding hydrogens is 324 g/mol. The molecule has 5 heteroatoms. The summed E-state index contributed by atoms with van der Waals surface area (Å²) >= 11 is 0. The molecule has 5 nitrogen and oxygen atoms in total. The Morgan fingerprint density at radius 1 is 1.31 bits per heavy atom. The lowest BCUT2D eigenvalue weighted by Crippen LogP contribution is -2.35. The molecule has 1 unspecified atom stereocenters. The summed E-state index contributed by atoms with van der Waals surface area (Å²) in [4.78, 5) is 23.0. The Morgan fingerprint density at radius 3 is 2.96 bits per heavy atom. The first-order valence-electron chi connectivity index (χ1n) is 9.79. The van der Waals surface area contributed by atoms with Crippen molar-refractivity contribution in [3.05, 3.63) is 41.9 Å². The van der Waals surface area contributed by atoms with Gasteiger partial charge in [-0.1, -0.05) is 30.2 Å². The SMILES string of the molecule is Cc1cccc(-c2cnc(C3CCCN3C(=O)C[C@@H]3CCC[C@H]3N)[nH]2)c1. The van der Waals surface area contributed by atoms with Gasteiger partial charge in [-0.25, -0.2) is 4.98 Å². The highest BCUT2D eigenvalue weighted by atomic mass is 16.2. The maximum absolute atomic E-state index is 12.9. The average Bonchev–Trinajstić information content (AvgIpc) is 3.35. The average molecular weight is 352 g/mol. The van der Waals surface area contributed by atoms with Gasteiger partial charge >= 0.3 is 0 Å². The van der Waals surface area contributed by atoms with Crippen molar-refractivity contribution < 1.29 is 4.79 Å². The molecule has 2 aliphatic rings. The minimum absolute atomic E-state index is 0.0682. The summed E-state index contributed by atoms with van der Waals surface area (Å²) in [5.41, 5.74) is 9.54. The van der Waals surface area contributed by atoms with Gasteiger partial charge in [0.25, 0.3) is 0 Å². The monoisotopic (exact) mass is 352 g/mol. The highest BCUT2D eigenvalue weighted by Gasteiger charge is 2.34. The summed E-state index contributed by atoms with van der Waals surface area (Å²) in [6, 6.07) is 8.64. The van der Waals surface area contributed by atoms with Crippen molar-refractivity contribution >= 4 is 5.91 Å². The molecule has 0 bridgehead atoms. The number of likely N-dealkylation sites (tertiary alicyclic amines) is 1. The van der Waals surface area contributed by atoms with E-state index in [0.29, 0.717) is 12.3 Å². The minimum atomic E-state index is 0.0682. The third kappa shape index (κ3) is 3.40. The highest BCUT2D eigenvalue weighted by molar-refractivity contribution is 5.77. The molecule has 0 spiro atoms. The number of benzene rings is 1. The van der Waals surface area contributed by atoms with E-state index < -0.39 is 0 Å². The quantitative estimate of drug-likeness (QED) is 0.883. The van der Waals surface area contributed by atoms with Crippen LogP contribution in [0.1, 0.15) is 56.0 Å². The van der Waals surface area contributed by atoms with Crippen LogP contribution in [0.2, 0.25) is 0 Å². The van der Waals surface area contributed by atoms with Gasteiger partial charge in [0.15, 0.2) is 0 Å². The number of aromatic amines is 1. The molecule has 3 N–H and O–H groups in total. The molecule has 1 amide bonds. The first kappa shape index (κ1) is 17.3. The summed E-state index contributed by atoms with van der Waals surface area (Å²) in [5, 5.41) is 0. The molecule has 0 radical (unpaired) electrons. The van der Waals surface area contributed by atoms with Crippen LogP contribution in [0.25, 0.3) is 11.3 Å². The number of nitrogens with one attached hydrogen (secondary N) is 1. The van der Waals surface area contributed by atoms with Crippen molar-refractivity contribution in [2.75, 3.05) is 6.54 Å². The van der Waals surface area contributed by atoms with E-state index in [1.165, 1.54) is 5.56 Å². The van der Waals surface area contributed by atoms with Gasteiger partial charge in [0.05, 0.1) is 17.9 Å². The largest absolute Gasteiger partial charge is 0.340 e. The van der Waals surface area contributed by atoms with E-state index in [2.05, 4.69) is 41.2 Å². The molecule has 2 heterocycles. The van der Waals surface area contributed by atoms with Crippen molar-refractivity contribution in [3.63, 3.8) is 0 Å².